The van der Waals surface area contributed by atoms with Crippen LogP contribution in [-0.4, -0.2) is 16.4 Å². The summed E-state index contributed by atoms with van der Waals surface area (Å²) in [6, 6.07) is 1.90. The standard InChI is InChI=1S/C11H13NO2/c1-2-8-14-12-7-6-9-10(12)4-3-5-11(9)13/h1,6-7,11,13H,3-5,8H2. The van der Waals surface area contributed by atoms with Crippen molar-refractivity contribution in [2.75, 3.05) is 6.61 Å². The molecule has 0 aromatic carbocycles. The van der Waals surface area contributed by atoms with E-state index < -0.39 is 0 Å². The minimum atomic E-state index is -0.338. The van der Waals surface area contributed by atoms with Crippen molar-refractivity contribution in [3.63, 3.8) is 0 Å². The molecule has 0 saturated heterocycles. The number of aromatic nitrogens is 1. The van der Waals surface area contributed by atoms with Crippen molar-refractivity contribution < 1.29 is 9.94 Å². The number of hydrogen-bond donors (Lipinski definition) is 1. The van der Waals surface area contributed by atoms with Gasteiger partial charge in [-0.2, -0.15) is 4.73 Å². The van der Waals surface area contributed by atoms with Crippen molar-refractivity contribution in [2.45, 2.75) is 25.4 Å². The minimum Gasteiger partial charge on any atom is -0.401 e. The second kappa shape index (κ2) is 3.77. The van der Waals surface area contributed by atoms with E-state index >= 15 is 0 Å². The Morgan fingerprint density at radius 1 is 1.71 bits per heavy atom. The molecular weight excluding hydrogens is 178 g/mol. The van der Waals surface area contributed by atoms with Crippen molar-refractivity contribution in [2.24, 2.45) is 0 Å². The summed E-state index contributed by atoms with van der Waals surface area (Å²) in [5.74, 6) is 2.42. The summed E-state index contributed by atoms with van der Waals surface area (Å²) >= 11 is 0. The Hall–Kier alpha value is -1.40. The number of aliphatic hydroxyl groups is 1. The molecule has 74 valence electrons. The zero-order valence-corrected chi connectivity index (χ0v) is 7.94. The third-order valence-electron chi connectivity index (χ3n) is 2.53. The Morgan fingerprint density at radius 3 is 3.36 bits per heavy atom. The summed E-state index contributed by atoms with van der Waals surface area (Å²) in [7, 11) is 0. The van der Waals surface area contributed by atoms with Crippen LogP contribution in [0.15, 0.2) is 12.3 Å². The van der Waals surface area contributed by atoms with Crippen LogP contribution in [-0.2, 0) is 6.42 Å². The van der Waals surface area contributed by atoms with Gasteiger partial charge in [0, 0.05) is 11.8 Å². The number of terminal acetylenes is 1. The summed E-state index contributed by atoms with van der Waals surface area (Å²) in [5, 5.41) is 9.69. The van der Waals surface area contributed by atoms with Gasteiger partial charge in [0.2, 0.25) is 0 Å². The van der Waals surface area contributed by atoms with Gasteiger partial charge in [-0.1, -0.05) is 5.92 Å². The number of hydrogen-bond acceptors (Lipinski definition) is 2. The first-order valence-electron chi connectivity index (χ1n) is 4.78. The molecule has 0 bridgehead atoms. The van der Waals surface area contributed by atoms with Gasteiger partial charge in [-0.25, -0.2) is 0 Å². The maximum absolute atomic E-state index is 9.69. The molecule has 0 fully saturated rings. The Morgan fingerprint density at radius 2 is 2.57 bits per heavy atom. The number of fused-ring (bicyclic) bond motifs is 1. The van der Waals surface area contributed by atoms with Gasteiger partial charge in [-0.3, -0.25) is 0 Å². The van der Waals surface area contributed by atoms with Crippen LogP contribution in [0, 0.1) is 12.3 Å². The van der Waals surface area contributed by atoms with E-state index in [1.54, 1.807) is 4.73 Å². The van der Waals surface area contributed by atoms with Crippen LogP contribution in [0.25, 0.3) is 0 Å². The Bertz CT molecular complexity index is 362. The first kappa shape index (κ1) is 9.17. The normalized spacial score (nSPS) is 19.9. The van der Waals surface area contributed by atoms with Crippen LogP contribution in [0.3, 0.4) is 0 Å². The fourth-order valence-electron chi connectivity index (χ4n) is 1.87. The highest BCUT2D eigenvalue weighted by Crippen LogP contribution is 2.29. The minimum absolute atomic E-state index is 0.261. The molecule has 2 rings (SSSR count). The van der Waals surface area contributed by atoms with Crippen LogP contribution in [0.2, 0.25) is 0 Å². The predicted molar refractivity (Wildman–Crippen MR) is 52.6 cm³/mol. The summed E-state index contributed by atoms with van der Waals surface area (Å²) in [5.41, 5.74) is 2.03. The highest BCUT2D eigenvalue weighted by atomic mass is 16.7. The van der Waals surface area contributed by atoms with Gasteiger partial charge < -0.3 is 9.94 Å². The molecule has 1 aromatic rings. The molecule has 3 heteroatoms. The summed E-state index contributed by atoms with van der Waals surface area (Å²) in [6.07, 6.45) is 9.37. The molecule has 0 amide bonds. The molecule has 1 heterocycles. The first-order valence-corrected chi connectivity index (χ1v) is 4.78. The second-order valence-electron chi connectivity index (χ2n) is 3.43. The lowest BCUT2D eigenvalue weighted by Gasteiger charge is -2.19. The van der Waals surface area contributed by atoms with Gasteiger partial charge in [0.05, 0.1) is 11.8 Å². The average Bonchev–Trinajstić information content (AvgIpc) is 2.60. The SMILES string of the molecule is C#CCOn1ccc2c1CCCC2O. The maximum atomic E-state index is 9.69. The van der Waals surface area contributed by atoms with Gasteiger partial charge in [0.25, 0.3) is 0 Å². The van der Waals surface area contributed by atoms with Crippen molar-refractivity contribution in [1.29, 1.82) is 0 Å². The molecule has 0 spiro atoms. The molecule has 1 N–H and O–H groups in total. The van der Waals surface area contributed by atoms with Gasteiger partial charge in [0.15, 0.2) is 6.61 Å². The van der Waals surface area contributed by atoms with Gasteiger partial charge in [-0.05, 0) is 25.3 Å². The van der Waals surface area contributed by atoms with Gasteiger partial charge >= 0.3 is 0 Å². The van der Waals surface area contributed by atoms with E-state index in [1.165, 1.54) is 0 Å². The molecule has 0 radical (unpaired) electrons. The van der Waals surface area contributed by atoms with Gasteiger partial charge in [-0.15, -0.1) is 6.42 Å². The lowest BCUT2D eigenvalue weighted by molar-refractivity contribution is 0.118. The average molecular weight is 191 g/mol. The lowest BCUT2D eigenvalue weighted by Crippen LogP contribution is -2.17. The van der Waals surface area contributed by atoms with E-state index in [1.807, 2.05) is 12.3 Å². The largest absolute Gasteiger partial charge is 0.401 e. The molecule has 1 aliphatic carbocycles. The molecule has 3 nitrogen and oxygen atoms in total. The lowest BCUT2D eigenvalue weighted by atomic mass is 9.95. The summed E-state index contributed by atoms with van der Waals surface area (Å²) < 4.78 is 1.68. The van der Waals surface area contributed by atoms with E-state index in [2.05, 4.69) is 5.92 Å². The first-order chi connectivity index (χ1) is 6.83. The second-order valence-corrected chi connectivity index (χ2v) is 3.43. The smallest absolute Gasteiger partial charge is 0.175 e. The highest BCUT2D eigenvalue weighted by Gasteiger charge is 2.21. The van der Waals surface area contributed by atoms with Crippen LogP contribution in [0.4, 0.5) is 0 Å². The third kappa shape index (κ3) is 1.49. The molecule has 14 heavy (non-hydrogen) atoms. The molecule has 1 aromatic heterocycles. The molecule has 1 aliphatic rings. The van der Waals surface area contributed by atoms with Crippen molar-refractivity contribution in [3.8, 4) is 12.3 Å². The van der Waals surface area contributed by atoms with Crippen LogP contribution >= 0.6 is 0 Å². The molecule has 0 saturated carbocycles. The molecule has 1 unspecified atom stereocenters. The predicted octanol–water partition coefficient (Wildman–Crippen LogP) is 0.920. The fraction of sp³-hybridized carbons (Fsp3) is 0.455. The van der Waals surface area contributed by atoms with E-state index in [0.717, 1.165) is 30.5 Å². The molecular formula is C11H13NO2. The Kier molecular flexibility index (Phi) is 2.47. The summed E-state index contributed by atoms with van der Waals surface area (Å²) in [6.45, 7) is 0.261. The Labute approximate surface area is 83.3 Å². The zero-order valence-electron chi connectivity index (χ0n) is 7.94. The molecule has 0 aliphatic heterocycles. The van der Waals surface area contributed by atoms with Crippen LogP contribution < -0.4 is 4.84 Å². The number of aliphatic hydroxyl groups excluding tert-OH is 1. The summed E-state index contributed by atoms with van der Waals surface area (Å²) in [4.78, 5) is 5.31. The monoisotopic (exact) mass is 191 g/mol. The number of rotatable bonds is 2. The van der Waals surface area contributed by atoms with Crippen LogP contribution in [0.5, 0.6) is 0 Å². The third-order valence-corrected chi connectivity index (χ3v) is 2.53. The topological polar surface area (TPSA) is 34.4 Å². The zero-order chi connectivity index (χ0) is 9.97. The maximum Gasteiger partial charge on any atom is 0.175 e. The van der Waals surface area contributed by atoms with Crippen LogP contribution in [0.1, 0.15) is 30.2 Å². The molecule has 1 atom stereocenters. The van der Waals surface area contributed by atoms with E-state index in [4.69, 9.17) is 11.3 Å². The Balaban J connectivity index is 2.23. The number of nitrogens with zero attached hydrogens (tertiary/aromatic N) is 1. The van der Waals surface area contributed by atoms with Crippen molar-refractivity contribution >= 4 is 0 Å². The fourth-order valence-corrected chi connectivity index (χ4v) is 1.87. The van der Waals surface area contributed by atoms with E-state index in [9.17, 15) is 5.11 Å². The van der Waals surface area contributed by atoms with Gasteiger partial charge in [0.1, 0.15) is 0 Å². The van der Waals surface area contributed by atoms with E-state index in [-0.39, 0.29) is 12.7 Å². The van der Waals surface area contributed by atoms with Crippen molar-refractivity contribution in [1.82, 2.24) is 4.73 Å². The van der Waals surface area contributed by atoms with E-state index in [0.29, 0.717) is 0 Å². The highest BCUT2D eigenvalue weighted by molar-refractivity contribution is 5.26. The van der Waals surface area contributed by atoms with Crippen molar-refractivity contribution in [3.05, 3.63) is 23.5 Å². The quantitative estimate of drug-likeness (QED) is 0.705.